The molecule has 0 saturated carbocycles. The summed E-state index contributed by atoms with van der Waals surface area (Å²) in [5, 5.41) is 8.86. The topological polar surface area (TPSA) is 54.4 Å². The number of rotatable bonds is 5. The minimum atomic E-state index is -0.928. The second kappa shape index (κ2) is 6.53. The summed E-state index contributed by atoms with van der Waals surface area (Å²) in [6.07, 6.45) is 6.66. The van der Waals surface area contributed by atoms with Crippen molar-refractivity contribution in [3.8, 4) is 0 Å². The molecule has 2 rings (SSSR count). The van der Waals surface area contributed by atoms with Gasteiger partial charge >= 0.3 is 5.97 Å². The van der Waals surface area contributed by atoms with E-state index in [0.29, 0.717) is 6.42 Å². The molecule has 122 valence electrons. The molecule has 1 atom stereocenters. The molecule has 0 saturated heterocycles. The number of hydrogen-bond acceptors (Lipinski definition) is 2. The zero-order valence-electron chi connectivity index (χ0n) is 14.0. The van der Waals surface area contributed by atoms with Crippen molar-refractivity contribution in [3.63, 3.8) is 0 Å². The van der Waals surface area contributed by atoms with Crippen molar-refractivity contribution in [1.29, 1.82) is 0 Å². The van der Waals surface area contributed by atoms with E-state index in [-0.39, 0.29) is 24.0 Å². The zero-order valence-corrected chi connectivity index (χ0v) is 14.0. The average molecular weight is 312 g/mol. The van der Waals surface area contributed by atoms with Gasteiger partial charge in [0.15, 0.2) is 0 Å². The highest BCUT2D eigenvalue weighted by atomic mass is 16.4. The largest absolute Gasteiger partial charge is 0.481 e. The van der Waals surface area contributed by atoms with E-state index in [1.165, 1.54) is 0 Å². The van der Waals surface area contributed by atoms with E-state index in [4.69, 9.17) is 5.11 Å². The predicted molar refractivity (Wildman–Crippen MR) is 91.9 cm³/mol. The van der Waals surface area contributed by atoms with Crippen molar-refractivity contribution in [2.24, 2.45) is 10.8 Å². The summed E-state index contributed by atoms with van der Waals surface area (Å²) in [6.45, 7) is 6.12. The van der Waals surface area contributed by atoms with Crippen LogP contribution in [0.2, 0.25) is 0 Å². The van der Waals surface area contributed by atoms with E-state index < -0.39 is 11.4 Å². The number of ketones is 1. The van der Waals surface area contributed by atoms with Gasteiger partial charge in [-0.25, -0.2) is 0 Å². The molecule has 1 aromatic carbocycles. The number of carbonyl (C=O) groups is 2. The second-order valence-corrected chi connectivity index (χ2v) is 7.10. The molecule has 0 aliphatic heterocycles. The lowest BCUT2D eigenvalue weighted by atomic mass is 9.59. The van der Waals surface area contributed by atoms with Crippen LogP contribution in [0.25, 0.3) is 5.57 Å². The fourth-order valence-electron chi connectivity index (χ4n) is 3.11. The lowest BCUT2D eigenvalue weighted by molar-refractivity contribution is -0.140. The van der Waals surface area contributed by atoms with Gasteiger partial charge in [0.25, 0.3) is 0 Å². The Morgan fingerprint density at radius 1 is 1.13 bits per heavy atom. The van der Waals surface area contributed by atoms with Gasteiger partial charge in [-0.05, 0) is 23.0 Å². The van der Waals surface area contributed by atoms with E-state index in [1.54, 1.807) is 0 Å². The SMILES string of the molecule is CC(C)(C)C1(C(=O)CCC(=O)O)C=CC(c2ccccc2)=CC1. The normalized spacial score (nSPS) is 20.9. The van der Waals surface area contributed by atoms with Crippen LogP contribution in [-0.2, 0) is 9.59 Å². The van der Waals surface area contributed by atoms with Crippen LogP contribution in [0.3, 0.4) is 0 Å². The highest BCUT2D eigenvalue weighted by Crippen LogP contribution is 2.48. The van der Waals surface area contributed by atoms with Gasteiger partial charge in [-0.1, -0.05) is 69.3 Å². The van der Waals surface area contributed by atoms with Gasteiger partial charge in [0.05, 0.1) is 11.8 Å². The third-order valence-electron chi connectivity index (χ3n) is 4.70. The molecule has 3 heteroatoms. The lowest BCUT2D eigenvalue weighted by Gasteiger charge is -2.42. The minimum absolute atomic E-state index is 0.00649. The molecule has 0 amide bonds. The van der Waals surface area contributed by atoms with Gasteiger partial charge in [-0.15, -0.1) is 0 Å². The first-order valence-corrected chi connectivity index (χ1v) is 7.96. The van der Waals surface area contributed by atoms with Crippen molar-refractivity contribution in [1.82, 2.24) is 0 Å². The van der Waals surface area contributed by atoms with E-state index in [9.17, 15) is 9.59 Å². The Hall–Kier alpha value is -2.16. The number of hydrogen-bond donors (Lipinski definition) is 1. The fraction of sp³-hybridized carbons (Fsp3) is 0.400. The van der Waals surface area contributed by atoms with Crippen LogP contribution in [0.5, 0.6) is 0 Å². The Bertz CT molecular complexity index is 647. The van der Waals surface area contributed by atoms with Crippen LogP contribution in [0.1, 0.15) is 45.6 Å². The number of allylic oxidation sites excluding steroid dienone is 4. The van der Waals surface area contributed by atoms with Crippen molar-refractivity contribution < 1.29 is 14.7 Å². The Balaban J connectivity index is 2.27. The summed E-state index contributed by atoms with van der Waals surface area (Å²) >= 11 is 0. The maximum Gasteiger partial charge on any atom is 0.303 e. The third-order valence-corrected chi connectivity index (χ3v) is 4.70. The summed E-state index contributed by atoms with van der Waals surface area (Å²) in [4.78, 5) is 23.6. The van der Waals surface area contributed by atoms with Crippen LogP contribution in [0.15, 0.2) is 48.6 Å². The number of carboxylic acids is 1. The first-order chi connectivity index (χ1) is 10.8. The molecule has 1 aliphatic carbocycles. The number of Topliss-reactive ketones (excluding diaryl/α,β-unsaturated/α-hetero) is 1. The summed E-state index contributed by atoms with van der Waals surface area (Å²) < 4.78 is 0. The second-order valence-electron chi connectivity index (χ2n) is 7.10. The molecular weight excluding hydrogens is 288 g/mol. The maximum absolute atomic E-state index is 12.8. The van der Waals surface area contributed by atoms with Crippen LogP contribution < -0.4 is 0 Å². The monoisotopic (exact) mass is 312 g/mol. The highest BCUT2D eigenvalue weighted by Gasteiger charge is 2.45. The Kier molecular flexibility index (Phi) is 4.88. The first kappa shape index (κ1) is 17.2. The first-order valence-electron chi connectivity index (χ1n) is 7.96. The summed E-state index contributed by atoms with van der Waals surface area (Å²) in [6, 6.07) is 10.1. The van der Waals surface area contributed by atoms with Gasteiger partial charge in [-0.3, -0.25) is 9.59 Å². The summed E-state index contributed by atoms with van der Waals surface area (Å²) in [5.41, 5.74) is 1.33. The van der Waals surface area contributed by atoms with Gasteiger partial charge < -0.3 is 5.11 Å². The molecule has 0 fully saturated rings. The lowest BCUT2D eigenvalue weighted by Crippen LogP contribution is -2.42. The van der Waals surface area contributed by atoms with Crippen molar-refractivity contribution in [2.45, 2.75) is 40.0 Å². The molecule has 0 radical (unpaired) electrons. The van der Waals surface area contributed by atoms with E-state index in [0.717, 1.165) is 11.1 Å². The molecule has 0 bridgehead atoms. The molecule has 23 heavy (non-hydrogen) atoms. The van der Waals surface area contributed by atoms with Gasteiger partial charge in [0.1, 0.15) is 5.78 Å². The molecule has 1 N–H and O–H groups in total. The van der Waals surface area contributed by atoms with Crippen LogP contribution in [0.4, 0.5) is 0 Å². The molecule has 0 aromatic heterocycles. The zero-order chi connectivity index (χ0) is 17.1. The molecule has 0 heterocycles. The highest BCUT2D eigenvalue weighted by molar-refractivity contribution is 5.92. The minimum Gasteiger partial charge on any atom is -0.481 e. The number of aliphatic carboxylic acids is 1. The van der Waals surface area contributed by atoms with Crippen molar-refractivity contribution in [2.75, 3.05) is 0 Å². The smallest absolute Gasteiger partial charge is 0.303 e. The summed E-state index contributed by atoms with van der Waals surface area (Å²) in [5.74, 6) is -0.922. The van der Waals surface area contributed by atoms with Gasteiger partial charge in [-0.2, -0.15) is 0 Å². The van der Waals surface area contributed by atoms with Crippen molar-refractivity contribution >= 4 is 17.3 Å². The number of benzene rings is 1. The van der Waals surface area contributed by atoms with Crippen LogP contribution in [-0.4, -0.2) is 16.9 Å². The third kappa shape index (κ3) is 3.61. The Morgan fingerprint density at radius 3 is 2.26 bits per heavy atom. The molecule has 1 unspecified atom stereocenters. The van der Waals surface area contributed by atoms with Gasteiger partial charge in [0.2, 0.25) is 0 Å². The van der Waals surface area contributed by atoms with Gasteiger partial charge in [0, 0.05) is 6.42 Å². The van der Waals surface area contributed by atoms with Crippen LogP contribution >= 0.6 is 0 Å². The molecule has 1 aliphatic rings. The number of carbonyl (C=O) groups excluding carboxylic acids is 1. The molecule has 1 aromatic rings. The molecular formula is C20H24O3. The Morgan fingerprint density at radius 2 is 1.78 bits per heavy atom. The van der Waals surface area contributed by atoms with E-state index in [2.05, 4.69) is 6.08 Å². The average Bonchev–Trinajstić information content (AvgIpc) is 2.52. The van der Waals surface area contributed by atoms with Crippen molar-refractivity contribution in [3.05, 3.63) is 54.1 Å². The molecule has 3 nitrogen and oxygen atoms in total. The maximum atomic E-state index is 12.8. The predicted octanol–water partition coefficient (Wildman–Crippen LogP) is 4.50. The Labute approximate surface area is 137 Å². The van der Waals surface area contributed by atoms with E-state index >= 15 is 0 Å². The standard InChI is InChI=1S/C20H24O3/c1-19(2,3)20(17(21)9-10-18(22)23)13-11-16(12-14-20)15-7-5-4-6-8-15/h4-8,11-13H,9-10,14H2,1-3H3,(H,22,23). The summed E-state index contributed by atoms with van der Waals surface area (Å²) in [7, 11) is 0. The van der Waals surface area contributed by atoms with Crippen LogP contribution in [0, 0.1) is 10.8 Å². The van der Waals surface area contributed by atoms with E-state index in [1.807, 2.05) is 63.3 Å². The fourth-order valence-corrected chi connectivity index (χ4v) is 3.11. The molecule has 0 spiro atoms. The quantitative estimate of drug-likeness (QED) is 0.871. The number of carboxylic acid groups (broad SMARTS) is 1.